The van der Waals surface area contributed by atoms with Gasteiger partial charge in [-0.3, -0.25) is 9.78 Å². The van der Waals surface area contributed by atoms with E-state index in [1.807, 2.05) is 17.5 Å². The molecule has 0 aliphatic carbocycles. The molecule has 0 atom stereocenters. The van der Waals surface area contributed by atoms with Gasteiger partial charge in [-0.05, 0) is 30.7 Å². The van der Waals surface area contributed by atoms with Crippen LogP contribution >= 0.6 is 11.3 Å². The van der Waals surface area contributed by atoms with E-state index >= 15 is 0 Å². The number of methoxy groups -OCH3 is 2. The summed E-state index contributed by atoms with van der Waals surface area (Å²) in [5.74, 6) is 1.14. The van der Waals surface area contributed by atoms with Gasteiger partial charge in [-0.1, -0.05) is 0 Å². The fraction of sp³-hybridized carbons (Fsp3) is 0.211. The van der Waals surface area contributed by atoms with Crippen molar-refractivity contribution in [1.82, 2.24) is 9.97 Å². The number of pyridine rings is 1. The van der Waals surface area contributed by atoms with Crippen LogP contribution in [-0.2, 0) is 11.2 Å². The molecule has 0 aliphatic heterocycles. The van der Waals surface area contributed by atoms with Gasteiger partial charge in [0.15, 0.2) is 0 Å². The van der Waals surface area contributed by atoms with Crippen molar-refractivity contribution in [1.29, 1.82) is 0 Å². The fourth-order valence-electron chi connectivity index (χ4n) is 2.40. The van der Waals surface area contributed by atoms with E-state index in [2.05, 4.69) is 15.3 Å². The molecule has 134 valence electrons. The molecular formula is C19H19N3O3S. The molecule has 0 radical (unpaired) electrons. The highest BCUT2D eigenvalue weighted by atomic mass is 32.1. The molecule has 0 spiro atoms. The van der Waals surface area contributed by atoms with Gasteiger partial charge in [0.25, 0.3) is 0 Å². The first kappa shape index (κ1) is 17.9. The summed E-state index contributed by atoms with van der Waals surface area (Å²) in [5, 5.41) is 5.75. The number of nitrogens with zero attached hydrogens (tertiary/aromatic N) is 2. The molecule has 1 N–H and O–H groups in total. The zero-order chi connectivity index (χ0) is 18.4. The second-order valence-electron chi connectivity index (χ2n) is 5.50. The largest absolute Gasteiger partial charge is 0.497 e. The Morgan fingerprint density at radius 1 is 1.23 bits per heavy atom. The van der Waals surface area contributed by atoms with Crippen LogP contribution < -0.4 is 14.8 Å². The average molecular weight is 369 g/mol. The van der Waals surface area contributed by atoms with Gasteiger partial charge in [-0.15, -0.1) is 11.3 Å². The summed E-state index contributed by atoms with van der Waals surface area (Å²) < 4.78 is 10.4. The van der Waals surface area contributed by atoms with Crippen LogP contribution in [0.4, 0.5) is 5.69 Å². The minimum atomic E-state index is -0.0932. The molecule has 0 fully saturated rings. The summed E-state index contributed by atoms with van der Waals surface area (Å²) in [6.45, 7) is 0. The van der Waals surface area contributed by atoms with E-state index in [0.29, 0.717) is 30.0 Å². The zero-order valence-electron chi connectivity index (χ0n) is 14.6. The monoisotopic (exact) mass is 369 g/mol. The molecule has 6 nitrogen and oxygen atoms in total. The second-order valence-corrected chi connectivity index (χ2v) is 6.36. The Kier molecular flexibility index (Phi) is 5.80. The number of thiazole rings is 1. The lowest BCUT2D eigenvalue weighted by molar-refractivity contribution is -0.116. The lowest BCUT2D eigenvalue weighted by Gasteiger charge is -2.11. The normalized spacial score (nSPS) is 10.4. The molecule has 2 heterocycles. The van der Waals surface area contributed by atoms with Crippen LogP contribution in [0.1, 0.15) is 12.1 Å². The predicted molar refractivity (Wildman–Crippen MR) is 102 cm³/mol. The van der Waals surface area contributed by atoms with Crippen molar-refractivity contribution in [3.8, 4) is 22.1 Å². The molecule has 0 saturated heterocycles. The summed E-state index contributed by atoms with van der Waals surface area (Å²) in [6.07, 6.45) is 4.42. The number of nitrogens with one attached hydrogen (secondary N) is 1. The molecule has 3 aromatic rings. The van der Waals surface area contributed by atoms with Crippen molar-refractivity contribution in [2.45, 2.75) is 12.8 Å². The summed E-state index contributed by atoms with van der Waals surface area (Å²) in [4.78, 5) is 20.9. The smallest absolute Gasteiger partial charge is 0.224 e. The number of hydrogen-bond donors (Lipinski definition) is 1. The average Bonchev–Trinajstić information content (AvgIpc) is 3.16. The molecule has 1 amide bonds. The Bertz CT molecular complexity index is 881. The number of amides is 1. The van der Waals surface area contributed by atoms with Crippen molar-refractivity contribution in [3.05, 3.63) is 53.8 Å². The first-order valence-corrected chi connectivity index (χ1v) is 8.94. The molecule has 0 bridgehead atoms. The Labute approximate surface area is 155 Å². The third-order valence-electron chi connectivity index (χ3n) is 3.75. The Morgan fingerprint density at radius 2 is 2.12 bits per heavy atom. The number of hydrogen-bond acceptors (Lipinski definition) is 6. The number of aromatic nitrogens is 2. The highest BCUT2D eigenvalue weighted by Crippen LogP contribution is 2.29. The van der Waals surface area contributed by atoms with Crippen LogP contribution in [0.3, 0.4) is 0 Å². The van der Waals surface area contributed by atoms with E-state index in [4.69, 9.17) is 9.47 Å². The van der Waals surface area contributed by atoms with Gasteiger partial charge in [-0.25, -0.2) is 4.98 Å². The highest BCUT2D eigenvalue weighted by molar-refractivity contribution is 7.13. The zero-order valence-corrected chi connectivity index (χ0v) is 15.4. The number of rotatable bonds is 7. The summed E-state index contributed by atoms with van der Waals surface area (Å²) in [6, 6.07) is 9.12. The van der Waals surface area contributed by atoms with Crippen molar-refractivity contribution >= 4 is 22.9 Å². The molecule has 0 saturated carbocycles. The van der Waals surface area contributed by atoms with E-state index in [-0.39, 0.29) is 5.91 Å². The first-order valence-electron chi connectivity index (χ1n) is 8.06. The molecule has 1 aromatic carbocycles. The van der Waals surface area contributed by atoms with Crippen LogP contribution in [0.25, 0.3) is 10.6 Å². The van der Waals surface area contributed by atoms with Crippen LogP contribution in [0.2, 0.25) is 0 Å². The minimum absolute atomic E-state index is 0.0932. The van der Waals surface area contributed by atoms with Gasteiger partial charge < -0.3 is 14.8 Å². The maximum atomic E-state index is 12.3. The van der Waals surface area contributed by atoms with Crippen LogP contribution in [0.5, 0.6) is 11.5 Å². The SMILES string of the molecule is COc1ccc(NC(=O)CCc2csc(-c3cccnc3)n2)c(OC)c1. The van der Waals surface area contributed by atoms with Crippen LogP contribution in [-0.4, -0.2) is 30.1 Å². The molecule has 2 aromatic heterocycles. The van der Waals surface area contributed by atoms with E-state index in [9.17, 15) is 4.79 Å². The van der Waals surface area contributed by atoms with E-state index in [1.54, 1.807) is 56.1 Å². The van der Waals surface area contributed by atoms with Crippen molar-refractivity contribution in [2.24, 2.45) is 0 Å². The second kappa shape index (κ2) is 8.44. The van der Waals surface area contributed by atoms with Crippen molar-refractivity contribution in [3.63, 3.8) is 0 Å². The maximum absolute atomic E-state index is 12.3. The molecule has 0 aliphatic rings. The molecular weight excluding hydrogens is 350 g/mol. The van der Waals surface area contributed by atoms with Crippen molar-refractivity contribution < 1.29 is 14.3 Å². The maximum Gasteiger partial charge on any atom is 0.224 e. The Hall–Kier alpha value is -2.93. The van der Waals surface area contributed by atoms with Gasteiger partial charge in [0.05, 0.1) is 25.6 Å². The lowest BCUT2D eigenvalue weighted by atomic mass is 10.2. The van der Waals surface area contributed by atoms with Gasteiger partial charge in [0.1, 0.15) is 16.5 Å². The van der Waals surface area contributed by atoms with Gasteiger partial charge in [-0.2, -0.15) is 0 Å². The van der Waals surface area contributed by atoms with E-state index < -0.39 is 0 Å². The predicted octanol–water partition coefficient (Wildman–Crippen LogP) is 3.79. The quantitative estimate of drug-likeness (QED) is 0.686. The van der Waals surface area contributed by atoms with Crippen LogP contribution in [0.15, 0.2) is 48.1 Å². The number of anilines is 1. The standard InChI is InChI=1S/C19H19N3O3S/c1-24-15-6-7-16(17(10-15)25-2)22-18(23)8-5-14-12-26-19(21-14)13-4-3-9-20-11-13/h3-4,6-7,9-12H,5,8H2,1-2H3,(H,22,23). The fourth-order valence-corrected chi connectivity index (χ4v) is 3.24. The molecule has 0 unspecified atom stereocenters. The number of ether oxygens (including phenoxy) is 2. The van der Waals surface area contributed by atoms with Crippen molar-refractivity contribution in [2.75, 3.05) is 19.5 Å². The summed E-state index contributed by atoms with van der Waals surface area (Å²) >= 11 is 1.55. The lowest BCUT2D eigenvalue weighted by Crippen LogP contribution is -2.13. The Balaban J connectivity index is 1.59. The molecule has 3 rings (SSSR count). The number of carbonyl (C=O) groups excluding carboxylic acids is 1. The summed E-state index contributed by atoms with van der Waals surface area (Å²) in [7, 11) is 3.14. The van der Waals surface area contributed by atoms with Gasteiger partial charge >= 0.3 is 0 Å². The third-order valence-corrected chi connectivity index (χ3v) is 4.69. The van der Waals surface area contributed by atoms with Crippen LogP contribution in [0, 0.1) is 0 Å². The minimum Gasteiger partial charge on any atom is -0.497 e. The number of carbonyl (C=O) groups is 1. The third kappa shape index (κ3) is 4.37. The number of benzene rings is 1. The summed E-state index contributed by atoms with van der Waals surface area (Å²) in [5.41, 5.74) is 2.49. The topological polar surface area (TPSA) is 73.3 Å². The Morgan fingerprint density at radius 3 is 2.85 bits per heavy atom. The molecule has 26 heavy (non-hydrogen) atoms. The van der Waals surface area contributed by atoms with E-state index in [0.717, 1.165) is 16.3 Å². The van der Waals surface area contributed by atoms with Gasteiger partial charge in [0, 0.05) is 35.8 Å². The van der Waals surface area contributed by atoms with Gasteiger partial charge in [0.2, 0.25) is 5.91 Å². The molecule has 7 heteroatoms. The van der Waals surface area contributed by atoms with E-state index in [1.165, 1.54) is 0 Å². The highest BCUT2D eigenvalue weighted by Gasteiger charge is 2.11. The number of aryl methyl sites for hydroxylation is 1. The first-order chi connectivity index (χ1) is 12.7.